The number of hydrogen-bond donors (Lipinski definition) is 4. The Morgan fingerprint density at radius 2 is 1.70 bits per heavy atom. The van der Waals surface area contributed by atoms with Crippen LogP contribution in [-0.4, -0.2) is 112 Å². The second-order valence-electron chi connectivity index (χ2n) is 19.2. The molecule has 7 bridgehead atoms. The van der Waals surface area contributed by atoms with E-state index >= 15 is 0 Å². The van der Waals surface area contributed by atoms with Crippen molar-refractivity contribution in [2.45, 2.75) is 130 Å². The van der Waals surface area contributed by atoms with Crippen molar-refractivity contribution < 1.29 is 53.1 Å². The topological polar surface area (TPSA) is 195 Å². The highest BCUT2D eigenvalue weighted by Gasteiger charge is 2.55. The molecule has 0 aromatic heterocycles. The summed E-state index contributed by atoms with van der Waals surface area (Å²) in [5.41, 5.74) is -0.721. The number of amides is 1. The molecular formula is C48H64N4O11. The molecule has 1 aromatic carbocycles. The van der Waals surface area contributed by atoms with Gasteiger partial charge < -0.3 is 49.4 Å². The maximum Gasteiger partial charge on any atom is 0.312 e. The van der Waals surface area contributed by atoms with E-state index in [9.17, 15) is 29.4 Å². The monoisotopic (exact) mass is 872 g/mol. The number of aromatic hydroxyl groups is 1. The summed E-state index contributed by atoms with van der Waals surface area (Å²) < 4.78 is 30.6. The van der Waals surface area contributed by atoms with Crippen LogP contribution in [0.25, 0.3) is 0 Å². The fourth-order valence-electron chi connectivity index (χ4n) is 10.2. The highest BCUT2D eigenvalue weighted by Crippen LogP contribution is 2.51. The van der Waals surface area contributed by atoms with Crippen molar-refractivity contribution in [2.24, 2.45) is 34.6 Å². The number of phenolic OH excluding ortho intramolecular Hbond substituents is 1. The van der Waals surface area contributed by atoms with E-state index in [0.29, 0.717) is 24.3 Å². The van der Waals surface area contributed by atoms with Crippen LogP contribution in [-0.2, 0) is 28.5 Å². The van der Waals surface area contributed by atoms with E-state index in [1.165, 1.54) is 27.2 Å². The number of aliphatic hydroxyl groups is 1. The first-order valence-corrected chi connectivity index (χ1v) is 22.2. The smallest absolute Gasteiger partial charge is 0.312 e. The summed E-state index contributed by atoms with van der Waals surface area (Å²) in [4.78, 5) is 63.7. The predicted octanol–water partition coefficient (Wildman–Crippen LogP) is 5.41. The number of aliphatic imine (C=N–C) groups is 1. The molecule has 2 fully saturated rings. The Balaban J connectivity index is 1.34. The summed E-state index contributed by atoms with van der Waals surface area (Å²) >= 11 is 0. The third-order valence-corrected chi connectivity index (χ3v) is 14.2. The number of nitrogens with one attached hydrogen (secondary N) is 2. The molecule has 8 aliphatic heterocycles. The molecule has 342 valence electrons. The van der Waals surface area contributed by atoms with Crippen molar-refractivity contribution in [3.63, 3.8) is 0 Å². The molecule has 1 aromatic rings. The van der Waals surface area contributed by atoms with Crippen LogP contribution in [0.2, 0.25) is 0 Å². The van der Waals surface area contributed by atoms with Crippen LogP contribution in [0.1, 0.15) is 114 Å². The van der Waals surface area contributed by atoms with E-state index in [1.54, 1.807) is 32.1 Å². The highest BCUT2D eigenvalue weighted by atomic mass is 16.7. The first kappa shape index (κ1) is 46.2. The molecule has 15 heteroatoms. The first-order valence-electron chi connectivity index (χ1n) is 22.2. The molecule has 9 aliphatic rings. The maximum absolute atomic E-state index is 14.8. The average molecular weight is 873 g/mol. The fraction of sp³-hybridized carbons (Fsp3) is 0.604. The van der Waals surface area contributed by atoms with E-state index in [-0.39, 0.29) is 63.0 Å². The number of methoxy groups -OCH3 is 1. The molecule has 2 saturated heterocycles. The Morgan fingerprint density at radius 1 is 1.02 bits per heavy atom. The number of hydrogen-bond acceptors (Lipinski definition) is 14. The largest absolute Gasteiger partial charge is 0.507 e. The number of Topliss-reactive ketones (excluding diaryl/α,β-unsaturated/α-hetero) is 2. The Bertz CT molecular complexity index is 2230. The lowest BCUT2D eigenvalue weighted by atomic mass is 9.70. The third kappa shape index (κ3) is 8.03. The molecule has 63 heavy (non-hydrogen) atoms. The van der Waals surface area contributed by atoms with Crippen LogP contribution in [0, 0.1) is 36.5 Å². The minimum Gasteiger partial charge on any atom is -0.507 e. The molecule has 1 spiro atoms. The van der Waals surface area contributed by atoms with Gasteiger partial charge in [-0.1, -0.05) is 59.8 Å². The molecule has 4 N–H and O–H groups in total. The summed E-state index contributed by atoms with van der Waals surface area (Å²) in [6.45, 7) is 22.2. The van der Waals surface area contributed by atoms with Crippen LogP contribution in [0.15, 0.2) is 52.5 Å². The van der Waals surface area contributed by atoms with Gasteiger partial charge in [-0.05, 0) is 32.8 Å². The van der Waals surface area contributed by atoms with Gasteiger partial charge in [-0.2, -0.15) is 0 Å². The number of benzene rings is 1. The SMILES string of the molecule is CO[C@H]1/C=C/O[C@@]2(C)Oc3c(C)c(O)c4c(c3C2=O)C2=NC3(CCN(CC(C)C)CC3)NC2=C(NC(=O)/C(C)=C\C=C\[C@]2(C)O[C@H]([C@@H](C)[C@@H](O)[C@@H](C)[C@H](OC(C)=O)[C@@H]1C)[C@H]2C)C4=O. The summed E-state index contributed by atoms with van der Waals surface area (Å²) in [5, 5.41) is 30.0. The summed E-state index contributed by atoms with van der Waals surface area (Å²) in [6.07, 6.45) is 6.49. The van der Waals surface area contributed by atoms with Crippen LogP contribution in [0.5, 0.6) is 11.5 Å². The van der Waals surface area contributed by atoms with Gasteiger partial charge in [0.25, 0.3) is 11.7 Å². The molecule has 15 nitrogen and oxygen atoms in total. The van der Waals surface area contributed by atoms with Gasteiger partial charge in [0.05, 0.1) is 52.7 Å². The molecule has 0 saturated carbocycles. The van der Waals surface area contributed by atoms with Gasteiger partial charge in [0, 0.05) is 93.8 Å². The number of allylic oxidation sites excluding steroid dienone is 4. The number of carbonyl (C=O) groups excluding carboxylic acids is 4. The third-order valence-electron chi connectivity index (χ3n) is 14.2. The Hall–Kier alpha value is -4.83. The number of piperidine rings is 1. The van der Waals surface area contributed by atoms with Gasteiger partial charge in [-0.15, -0.1) is 0 Å². The second-order valence-corrected chi connectivity index (χ2v) is 19.2. The Labute approximate surface area is 370 Å². The standard InChI is InChI=1S/C48H64N4O11/c1-23(2)22-52-19-17-48(18-20-52)50-35-32-33-39(55)28(7)43-34(32)44(57)47(11,63-43)60-21-15-31(59-12)25(4)41(61-30(9)53)26(5)38(54)27(6)42-29(8)46(10,62-42)16-13-14-24(3)45(58)49-37(40(33)56)36(35)51-48/h13-16,21,23,25-27,29,31,38,41-42,51,54-55H,17-20,22H2,1-12H3,(H,49,58)/b16-13+,21-15+,24-14-/t25-,26-,27+,29-,31+,38+,41-,42-,46+,47+/m1/s1. The molecule has 10 atom stereocenters. The fourth-order valence-corrected chi connectivity index (χ4v) is 10.2. The molecule has 1 aliphatic carbocycles. The lowest BCUT2D eigenvalue weighted by Gasteiger charge is -2.54. The van der Waals surface area contributed by atoms with E-state index in [2.05, 4.69) is 29.4 Å². The number of esters is 1. The first-order chi connectivity index (χ1) is 29.6. The van der Waals surface area contributed by atoms with Gasteiger partial charge in [0.2, 0.25) is 5.78 Å². The molecule has 1 amide bonds. The number of rotatable bonds is 4. The second kappa shape index (κ2) is 16.9. The normalized spacial score (nSPS) is 36.2. The number of phenols is 1. The van der Waals surface area contributed by atoms with E-state index in [4.69, 9.17) is 28.7 Å². The van der Waals surface area contributed by atoms with Gasteiger partial charge in [0.1, 0.15) is 29.0 Å². The number of nitrogens with zero attached hydrogens (tertiary/aromatic N) is 2. The number of carbonyl (C=O) groups is 4. The predicted molar refractivity (Wildman–Crippen MR) is 234 cm³/mol. The highest BCUT2D eigenvalue weighted by molar-refractivity contribution is 6.34. The van der Waals surface area contributed by atoms with Crippen LogP contribution in [0.3, 0.4) is 0 Å². The van der Waals surface area contributed by atoms with Crippen molar-refractivity contribution in [3.05, 3.63) is 69.8 Å². The zero-order valence-corrected chi connectivity index (χ0v) is 38.6. The molecular weight excluding hydrogens is 809 g/mol. The maximum atomic E-state index is 14.8. The average Bonchev–Trinajstić information content (AvgIpc) is 3.73. The molecule has 0 radical (unpaired) electrons. The van der Waals surface area contributed by atoms with Gasteiger partial charge >= 0.3 is 11.8 Å². The van der Waals surface area contributed by atoms with Crippen molar-refractivity contribution >= 4 is 29.2 Å². The van der Waals surface area contributed by atoms with E-state index in [0.717, 1.165) is 19.6 Å². The minimum absolute atomic E-state index is 0.0286. The van der Waals surface area contributed by atoms with Crippen LogP contribution >= 0.6 is 0 Å². The van der Waals surface area contributed by atoms with Crippen LogP contribution in [0.4, 0.5) is 0 Å². The molecule has 10 rings (SSSR count). The van der Waals surface area contributed by atoms with Crippen molar-refractivity contribution in [1.29, 1.82) is 0 Å². The van der Waals surface area contributed by atoms with Crippen LogP contribution < -0.4 is 15.4 Å². The number of aliphatic hydroxyl groups excluding tert-OH is 1. The van der Waals surface area contributed by atoms with E-state index < -0.39 is 76.4 Å². The number of ketones is 2. The minimum atomic E-state index is -1.95. The number of ether oxygens (including phenoxy) is 5. The summed E-state index contributed by atoms with van der Waals surface area (Å²) in [6, 6.07) is 0. The van der Waals surface area contributed by atoms with Gasteiger partial charge in [-0.25, -0.2) is 0 Å². The van der Waals surface area contributed by atoms with Crippen molar-refractivity contribution in [1.82, 2.24) is 15.5 Å². The Kier molecular flexibility index (Phi) is 12.4. The van der Waals surface area contributed by atoms with E-state index in [1.807, 2.05) is 40.7 Å². The number of likely N-dealkylation sites (tertiary alicyclic amines) is 1. The Morgan fingerprint density at radius 3 is 2.32 bits per heavy atom. The molecule has 8 heterocycles. The van der Waals surface area contributed by atoms with Crippen molar-refractivity contribution in [2.75, 3.05) is 26.7 Å². The zero-order valence-electron chi connectivity index (χ0n) is 38.6. The lowest BCUT2D eigenvalue weighted by Crippen LogP contribution is -2.60. The summed E-state index contributed by atoms with van der Waals surface area (Å²) in [5.74, 6) is -5.69. The quantitative estimate of drug-likeness (QED) is 0.281. The summed E-state index contributed by atoms with van der Waals surface area (Å²) in [7, 11) is 1.50. The molecule has 0 unspecified atom stereocenters. The lowest BCUT2D eigenvalue weighted by molar-refractivity contribution is -0.251. The zero-order chi connectivity index (χ0) is 46.1. The van der Waals surface area contributed by atoms with Gasteiger partial charge in [-0.3, -0.25) is 24.2 Å². The van der Waals surface area contributed by atoms with Gasteiger partial charge in [0.15, 0.2) is 0 Å². The van der Waals surface area contributed by atoms with Crippen molar-refractivity contribution in [3.8, 4) is 11.5 Å².